The van der Waals surface area contributed by atoms with Gasteiger partial charge in [-0.2, -0.15) is 0 Å². The molecule has 2 aliphatic heterocycles. The number of carbonyl (C=O) groups is 2. The molecule has 0 fully saturated rings. The number of carbonyl (C=O) groups excluding carboxylic acids is 2. The third kappa shape index (κ3) is 3.81. The number of fused-ring (bicyclic) bond motifs is 1. The maximum atomic E-state index is 13.5. The van der Waals surface area contributed by atoms with Crippen molar-refractivity contribution in [2.75, 3.05) is 23.4 Å². The fourth-order valence-electron chi connectivity index (χ4n) is 3.75. The molecule has 0 atom stereocenters. The van der Waals surface area contributed by atoms with E-state index in [2.05, 4.69) is 5.32 Å². The molecule has 0 saturated carbocycles. The predicted molar refractivity (Wildman–Crippen MR) is 123 cm³/mol. The van der Waals surface area contributed by atoms with E-state index in [0.717, 1.165) is 10.5 Å². The lowest BCUT2D eigenvalue weighted by Crippen LogP contribution is -2.32. The Morgan fingerprint density at radius 3 is 2.36 bits per heavy atom. The molecule has 0 radical (unpaired) electrons. The molecule has 6 nitrogen and oxygen atoms in total. The summed E-state index contributed by atoms with van der Waals surface area (Å²) in [5, 5.41) is 3.50. The normalized spacial score (nSPS) is 15.3. The highest BCUT2D eigenvalue weighted by molar-refractivity contribution is 6.46. The first kappa shape index (κ1) is 21.0. The number of ether oxygens (including phenoxy) is 2. The van der Waals surface area contributed by atoms with Gasteiger partial charge >= 0.3 is 0 Å². The van der Waals surface area contributed by atoms with E-state index in [1.807, 2.05) is 6.92 Å². The third-order valence-corrected chi connectivity index (χ3v) is 5.85. The van der Waals surface area contributed by atoms with E-state index in [1.54, 1.807) is 36.4 Å². The first-order chi connectivity index (χ1) is 15.9. The van der Waals surface area contributed by atoms with Crippen LogP contribution in [0.4, 0.5) is 15.8 Å². The minimum Gasteiger partial charge on any atom is -0.486 e. The highest BCUT2D eigenvalue weighted by Gasteiger charge is 2.40. The molecule has 0 aliphatic carbocycles. The minimum absolute atomic E-state index is 0.0694. The number of imide groups is 1. The summed E-state index contributed by atoms with van der Waals surface area (Å²) in [6.07, 6.45) is 0. The van der Waals surface area contributed by atoms with Gasteiger partial charge in [0.15, 0.2) is 11.5 Å². The van der Waals surface area contributed by atoms with E-state index in [4.69, 9.17) is 21.1 Å². The Labute approximate surface area is 194 Å². The van der Waals surface area contributed by atoms with Crippen molar-refractivity contribution in [2.24, 2.45) is 0 Å². The van der Waals surface area contributed by atoms with Crippen molar-refractivity contribution in [1.82, 2.24) is 0 Å². The van der Waals surface area contributed by atoms with Crippen molar-refractivity contribution >= 4 is 40.4 Å². The quantitative estimate of drug-likeness (QED) is 0.553. The second-order valence-electron chi connectivity index (χ2n) is 7.62. The molecule has 2 amide bonds. The molecule has 5 rings (SSSR count). The molecular weight excluding hydrogens is 447 g/mol. The van der Waals surface area contributed by atoms with Gasteiger partial charge in [0, 0.05) is 16.8 Å². The van der Waals surface area contributed by atoms with Crippen LogP contribution in [0, 0.1) is 12.7 Å². The highest BCUT2D eigenvalue weighted by atomic mass is 35.5. The van der Waals surface area contributed by atoms with E-state index in [9.17, 15) is 14.0 Å². The molecule has 3 aromatic carbocycles. The summed E-state index contributed by atoms with van der Waals surface area (Å²) in [4.78, 5) is 28.0. The summed E-state index contributed by atoms with van der Waals surface area (Å²) < 4.78 is 24.7. The van der Waals surface area contributed by atoms with Gasteiger partial charge in [0.1, 0.15) is 24.7 Å². The van der Waals surface area contributed by atoms with Gasteiger partial charge in [0.05, 0.1) is 11.3 Å². The average molecular weight is 465 g/mol. The number of nitrogens with one attached hydrogen (secondary N) is 1. The molecule has 1 N–H and O–H groups in total. The topological polar surface area (TPSA) is 67.9 Å². The second-order valence-corrected chi connectivity index (χ2v) is 8.03. The SMILES string of the molecule is Cc1ccc(N2C(=O)C(Nc3ccc4c(c3)OCCO4)=C(c3ccc(F)cc3)C2=O)cc1Cl. The summed E-state index contributed by atoms with van der Waals surface area (Å²) in [5.41, 5.74) is 2.32. The molecule has 0 saturated heterocycles. The molecule has 2 heterocycles. The number of amides is 2. The minimum atomic E-state index is -0.547. The Morgan fingerprint density at radius 1 is 0.909 bits per heavy atom. The highest BCUT2D eigenvalue weighted by Crippen LogP contribution is 2.37. The molecular formula is C25H18ClFN2O4. The van der Waals surface area contributed by atoms with E-state index < -0.39 is 17.6 Å². The standard InChI is InChI=1S/C25H18ClFN2O4/c1-14-2-8-18(13-19(14)26)29-24(30)22(15-3-5-16(27)6-4-15)23(25(29)31)28-17-7-9-20-21(12-17)33-11-10-32-20/h2-9,12-13,28H,10-11H2,1H3. The zero-order valence-electron chi connectivity index (χ0n) is 17.5. The molecule has 0 spiro atoms. The van der Waals surface area contributed by atoms with Crippen LogP contribution in [0.1, 0.15) is 11.1 Å². The Morgan fingerprint density at radius 2 is 1.64 bits per heavy atom. The Kier molecular flexibility index (Phi) is 5.26. The van der Waals surface area contributed by atoms with Crippen LogP contribution in [-0.4, -0.2) is 25.0 Å². The Bertz CT molecular complexity index is 1320. The summed E-state index contributed by atoms with van der Waals surface area (Å²) >= 11 is 6.25. The third-order valence-electron chi connectivity index (χ3n) is 5.44. The number of halogens is 2. The first-order valence-corrected chi connectivity index (χ1v) is 10.6. The predicted octanol–water partition coefficient (Wildman–Crippen LogP) is 4.96. The fourth-order valence-corrected chi connectivity index (χ4v) is 3.93. The van der Waals surface area contributed by atoms with Crippen LogP contribution in [0.25, 0.3) is 5.57 Å². The van der Waals surface area contributed by atoms with Gasteiger partial charge in [-0.1, -0.05) is 29.8 Å². The van der Waals surface area contributed by atoms with Crippen molar-refractivity contribution in [3.8, 4) is 11.5 Å². The number of aryl methyl sites for hydroxylation is 1. The molecule has 8 heteroatoms. The van der Waals surface area contributed by atoms with Gasteiger partial charge < -0.3 is 14.8 Å². The van der Waals surface area contributed by atoms with E-state index in [-0.39, 0.29) is 11.3 Å². The monoisotopic (exact) mass is 464 g/mol. The van der Waals surface area contributed by atoms with Crippen LogP contribution < -0.4 is 19.7 Å². The van der Waals surface area contributed by atoms with Gasteiger partial charge in [0.25, 0.3) is 11.8 Å². The Balaban J connectivity index is 1.58. The fraction of sp³-hybridized carbons (Fsp3) is 0.120. The van der Waals surface area contributed by atoms with Crippen molar-refractivity contribution < 1.29 is 23.5 Å². The van der Waals surface area contributed by atoms with Crippen LogP contribution in [0.5, 0.6) is 11.5 Å². The second kappa shape index (κ2) is 8.26. The molecule has 33 heavy (non-hydrogen) atoms. The molecule has 0 aromatic heterocycles. The smallest absolute Gasteiger partial charge is 0.282 e. The summed E-state index contributed by atoms with van der Waals surface area (Å²) in [6.45, 7) is 2.71. The van der Waals surface area contributed by atoms with Crippen LogP contribution >= 0.6 is 11.6 Å². The number of nitrogens with zero attached hydrogens (tertiary/aromatic N) is 1. The van der Waals surface area contributed by atoms with Gasteiger partial charge in [-0.15, -0.1) is 0 Å². The van der Waals surface area contributed by atoms with E-state index in [0.29, 0.717) is 46.7 Å². The number of rotatable bonds is 4. The zero-order valence-corrected chi connectivity index (χ0v) is 18.3. The number of hydrogen-bond acceptors (Lipinski definition) is 5. The summed E-state index contributed by atoms with van der Waals surface area (Å²) in [5.74, 6) is -0.390. The van der Waals surface area contributed by atoms with Gasteiger partial charge in [-0.05, 0) is 54.4 Å². The Hall–Kier alpha value is -3.84. The summed E-state index contributed by atoms with van der Waals surface area (Å²) in [6, 6.07) is 15.5. The number of benzene rings is 3. The molecule has 2 aliphatic rings. The van der Waals surface area contributed by atoms with Gasteiger partial charge in [0.2, 0.25) is 0 Å². The van der Waals surface area contributed by atoms with Gasteiger partial charge in [-0.25, -0.2) is 9.29 Å². The molecule has 3 aromatic rings. The zero-order chi connectivity index (χ0) is 23.1. The van der Waals surface area contributed by atoms with Crippen LogP contribution in [-0.2, 0) is 9.59 Å². The largest absolute Gasteiger partial charge is 0.486 e. The average Bonchev–Trinajstić information content (AvgIpc) is 3.05. The van der Waals surface area contributed by atoms with Crippen LogP contribution in [0.15, 0.2) is 66.4 Å². The molecule has 166 valence electrons. The number of hydrogen-bond donors (Lipinski definition) is 1. The lowest BCUT2D eigenvalue weighted by molar-refractivity contribution is -0.120. The lowest BCUT2D eigenvalue weighted by Gasteiger charge is -2.19. The maximum absolute atomic E-state index is 13.5. The lowest BCUT2D eigenvalue weighted by atomic mass is 10.0. The van der Waals surface area contributed by atoms with E-state index >= 15 is 0 Å². The van der Waals surface area contributed by atoms with Crippen LogP contribution in [0.2, 0.25) is 5.02 Å². The molecule has 0 unspecified atom stereocenters. The number of anilines is 2. The van der Waals surface area contributed by atoms with Crippen molar-refractivity contribution in [2.45, 2.75) is 6.92 Å². The van der Waals surface area contributed by atoms with Crippen LogP contribution in [0.3, 0.4) is 0 Å². The summed E-state index contributed by atoms with van der Waals surface area (Å²) in [7, 11) is 0. The van der Waals surface area contributed by atoms with Crippen molar-refractivity contribution in [3.05, 3.63) is 88.3 Å². The maximum Gasteiger partial charge on any atom is 0.282 e. The van der Waals surface area contributed by atoms with Crippen molar-refractivity contribution in [3.63, 3.8) is 0 Å². The van der Waals surface area contributed by atoms with Crippen molar-refractivity contribution in [1.29, 1.82) is 0 Å². The molecule has 0 bridgehead atoms. The van der Waals surface area contributed by atoms with E-state index in [1.165, 1.54) is 24.3 Å². The van der Waals surface area contributed by atoms with Gasteiger partial charge in [-0.3, -0.25) is 9.59 Å². The first-order valence-electron chi connectivity index (χ1n) is 10.2.